The third kappa shape index (κ3) is 3.96. The third-order valence-corrected chi connectivity index (χ3v) is 4.20. The second-order valence-electron chi connectivity index (χ2n) is 4.17. The highest BCUT2D eigenvalue weighted by molar-refractivity contribution is 7.98. The van der Waals surface area contributed by atoms with Gasteiger partial charge in [-0.05, 0) is 42.8 Å². The van der Waals surface area contributed by atoms with Gasteiger partial charge in [0.05, 0.1) is 0 Å². The summed E-state index contributed by atoms with van der Waals surface area (Å²) < 4.78 is 13.7. The summed E-state index contributed by atoms with van der Waals surface area (Å²) in [6.07, 6.45) is 0.565. The molecule has 0 aliphatic heterocycles. The molecule has 0 saturated carbocycles. The van der Waals surface area contributed by atoms with E-state index in [0.717, 1.165) is 21.2 Å². The van der Waals surface area contributed by atoms with Crippen LogP contribution in [0.3, 0.4) is 0 Å². The van der Waals surface area contributed by atoms with E-state index in [0.29, 0.717) is 18.5 Å². The Balaban J connectivity index is 2.10. The fourth-order valence-electron chi connectivity index (χ4n) is 1.80. The molecule has 100 valence electrons. The molecule has 2 rings (SSSR count). The van der Waals surface area contributed by atoms with Gasteiger partial charge in [-0.25, -0.2) is 4.39 Å². The number of hydrogen-bond donors (Lipinski definition) is 1. The maximum Gasteiger partial charge on any atom is 0.127 e. The minimum atomic E-state index is -0.174. The Morgan fingerprint density at radius 2 is 1.84 bits per heavy atom. The van der Waals surface area contributed by atoms with Gasteiger partial charge in [0.25, 0.3) is 0 Å². The largest absolute Gasteiger partial charge is 0.330 e. The molecule has 0 aliphatic carbocycles. The molecule has 0 spiro atoms. The molecule has 0 unspecified atom stereocenters. The van der Waals surface area contributed by atoms with Crippen LogP contribution in [0.15, 0.2) is 47.4 Å². The van der Waals surface area contributed by atoms with Crippen molar-refractivity contribution in [1.29, 1.82) is 0 Å². The predicted octanol–water partition coefficient (Wildman–Crippen LogP) is 4.27. The van der Waals surface area contributed by atoms with E-state index in [-0.39, 0.29) is 5.82 Å². The molecule has 2 aromatic carbocycles. The molecule has 4 heteroatoms. The van der Waals surface area contributed by atoms with Gasteiger partial charge < -0.3 is 5.73 Å². The van der Waals surface area contributed by atoms with Crippen molar-refractivity contribution < 1.29 is 4.39 Å². The predicted molar refractivity (Wildman–Crippen MR) is 80.2 cm³/mol. The third-order valence-electron chi connectivity index (χ3n) is 2.78. The molecular formula is C15H15ClFNS. The van der Waals surface area contributed by atoms with Gasteiger partial charge in [0.15, 0.2) is 0 Å². The lowest BCUT2D eigenvalue weighted by Gasteiger charge is -2.09. The van der Waals surface area contributed by atoms with Gasteiger partial charge >= 0.3 is 0 Å². The van der Waals surface area contributed by atoms with Gasteiger partial charge in [-0.15, -0.1) is 11.8 Å². The second kappa shape index (κ2) is 6.94. The Morgan fingerprint density at radius 3 is 2.53 bits per heavy atom. The highest BCUT2D eigenvalue weighted by Gasteiger charge is 2.08. The number of rotatable bonds is 5. The number of nitrogens with two attached hydrogens (primary N) is 1. The van der Waals surface area contributed by atoms with E-state index in [1.165, 1.54) is 6.07 Å². The fraction of sp³-hybridized carbons (Fsp3) is 0.200. The molecule has 0 atom stereocenters. The minimum Gasteiger partial charge on any atom is -0.330 e. The lowest BCUT2D eigenvalue weighted by atomic mass is 10.1. The maximum absolute atomic E-state index is 13.7. The van der Waals surface area contributed by atoms with Crippen molar-refractivity contribution in [3.8, 4) is 0 Å². The summed E-state index contributed by atoms with van der Waals surface area (Å²) in [5.41, 5.74) is 7.41. The van der Waals surface area contributed by atoms with Crippen molar-refractivity contribution in [2.45, 2.75) is 17.1 Å². The number of thioether (sulfide) groups is 1. The Labute approximate surface area is 122 Å². The maximum atomic E-state index is 13.7. The lowest BCUT2D eigenvalue weighted by molar-refractivity contribution is 0.603. The van der Waals surface area contributed by atoms with Gasteiger partial charge in [0.1, 0.15) is 5.82 Å². The second-order valence-corrected chi connectivity index (χ2v) is 5.62. The van der Waals surface area contributed by atoms with Gasteiger partial charge in [-0.3, -0.25) is 0 Å². The van der Waals surface area contributed by atoms with E-state index in [4.69, 9.17) is 17.3 Å². The monoisotopic (exact) mass is 295 g/mol. The zero-order valence-electron chi connectivity index (χ0n) is 10.4. The van der Waals surface area contributed by atoms with E-state index >= 15 is 0 Å². The van der Waals surface area contributed by atoms with Crippen molar-refractivity contribution in [2.75, 3.05) is 6.54 Å². The van der Waals surface area contributed by atoms with Crippen LogP contribution < -0.4 is 5.73 Å². The van der Waals surface area contributed by atoms with Crippen LogP contribution in [0.2, 0.25) is 5.02 Å². The molecule has 0 saturated heterocycles. The molecule has 2 aromatic rings. The van der Waals surface area contributed by atoms with Gasteiger partial charge in [-0.2, -0.15) is 0 Å². The summed E-state index contributed by atoms with van der Waals surface area (Å²) in [7, 11) is 0. The van der Waals surface area contributed by atoms with Crippen molar-refractivity contribution in [3.63, 3.8) is 0 Å². The summed E-state index contributed by atoms with van der Waals surface area (Å²) >= 11 is 7.47. The van der Waals surface area contributed by atoms with Crippen molar-refractivity contribution >= 4 is 23.4 Å². The first kappa shape index (κ1) is 14.4. The summed E-state index contributed by atoms with van der Waals surface area (Å²) in [5.74, 6) is 0.615. The average Bonchev–Trinajstić information content (AvgIpc) is 2.41. The van der Waals surface area contributed by atoms with Crippen molar-refractivity contribution in [1.82, 2.24) is 0 Å². The van der Waals surface area contributed by atoms with Crippen LogP contribution in [0.25, 0.3) is 0 Å². The van der Waals surface area contributed by atoms with E-state index in [1.807, 2.05) is 30.3 Å². The Morgan fingerprint density at radius 1 is 1.11 bits per heavy atom. The zero-order chi connectivity index (χ0) is 13.7. The molecule has 1 nitrogen and oxygen atoms in total. The molecule has 0 amide bonds. The number of benzene rings is 2. The van der Waals surface area contributed by atoms with Crippen LogP contribution in [0.4, 0.5) is 4.39 Å². The molecule has 2 N–H and O–H groups in total. The van der Waals surface area contributed by atoms with Crippen molar-refractivity contribution in [3.05, 3.63) is 64.4 Å². The molecule has 0 aliphatic rings. The van der Waals surface area contributed by atoms with Crippen LogP contribution in [0.5, 0.6) is 0 Å². The first-order chi connectivity index (χ1) is 9.20. The zero-order valence-corrected chi connectivity index (χ0v) is 12.0. The van der Waals surface area contributed by atoms with Crippen LogP contribution in [0.1, 0.15) is 11.1 Å². The molecule has 0 radical (unpaired) electrons. The van der Waals surface area contributed by atoms with Gasteiger partial charge in [-0.1, -0.05) is 29.8 Å². The molecule has 19 heavy (non-hydrogen) atoms. The van der Waals surface area contributed by atoms with Crippen LogP contribution in [-0.2, 0) is 12.2 Å². The summed E-state index contributed by atoms with van der Waals surface area (Å²) in [5, 5.41) is 0.725. The molecular weight excluding hydrogens is 281 g/mol. The Bertz CT molecular complexity index is 542. The van der Waals surface area contributed by atoms with E-state index in [2.05, 4.69) is 0 Å². The SMILES string of the molecule is NCCc1c(F)cccc1SCc1ccc(Cl)cc1. The fourth-order valence-corrected chi connectivity index (χ4v) is 2.99. The van der Waals surface area contributed by atoms with Crippen LogP contribution in [-0.4, -0.2) is 6.54 Å². The first-order valence-electron chi connectivity index (χ1n) is 6.05. The highest BCUT2D eigenvalue weighted by Crippen LogP contribution is 2.28. The normalized spacial score (nSPS) is 10.7. The standard InChI is InChI=1S/C15H15ClFNS/c16-12-6-4-11(5-7-12)10-19-15-3-1-2-14(17)13(15)8-9-18/h1-7H,8-10,18H2. The number of hydrogen-bond acceptors (Lipinski definition) is 2. The lowest BCUT2D eigenvalue weighted by Crippen LogP contribution is -2.05. The quantitative estimate of drug-likeness (QED) is 0.834. The van der Waals surface area contributed by atoms with Crippen LogP contribution >= 0.6 is 23.4 Å². The van der Waals surface area contributed by atoms with Crippen molar-refractivity contribution in [2.24, 2.45) is 5.73 Å². The van der Waals surface area contributed by atoms with Gasteiger partial charge in [0, 0.05) is 21.2 Å². The Hall–Kier alpha value is -1.03. The van der Waals surface area contributed by atoms with Gasteiger partial charge in [0.2, 0.25) is 0 Å². The first-order valence-corrected chi connectivity index (χ1v) is 7.42. The smallest absolute Gasteiger partial charge is 0.127 e. The molecule has 0 fully saturated rings. The number of halogens is 2. The minimum absolute atomic E-state index is 0.174. The molecule has 0 heterocycles. The van der Waals surface area contributed by atoms with E-state index < -0.39 is 0 Å². The van der Waals surface area contributed by atoms with E-state index in [9.17, 15) is 4.39 Å². The highest BCUT2D eigenvalue weighted by atomic mass is 35.5. The average molecular weight is 296 g/mol. The van der Waals surface area contributed by atoms with Crippen LogP contribution in [0, 0.1) is 5.82 Å². The van der Waals surface area contributed by atoms with E-state index in [1.54, 1.807) is 17.8 Å². The topological polar surface area (TPSA) is 26.0 Å². The Kier molecular flexibility index (Phi) is 5.25. The summed E-state index contributed by atoms with van der Waals surface area (Å²) in [4.78, 5) is 0.959. The summed E-state index contributed by atoms with van der Waals surface area (Å²) in [6, 6.07) is 12.9. The summed E-state index contributed by atoms with van der Waals surface area (Å²) in [6.45, 7) is 0.454. The molecule has 0 bridgehead atoms. The molecule has 0 aromatic heterocycles.